The molecule has 300 valence electrons. The van der Waals surface area contributed by atoms with Gasteiger partial charge in [-0.25, -0.2) is 0 Å². The normalized spacial score (nSPS) is 14.5. The minimum atomic E-state index is -0.108. The summed E-state index contributed by atoms with van der Waals surface area (Å²) in [7, 11) is 0. The Morgan fingerprint density at radius 2 is 0.629 bits per heavy atom. The van der Waals surface area contributed by atoms with Crippen molar-refractivity contribution in [2.24, 2.45) is 0 Å². The molecule has 0 saturated carbocycles. The minimum absolute atomic E-state index is 0.00368. The third kappa shape index (κ3) is 5.63. The van der Waals surface area contributed by atoms with Crippen LogP contribution in [0.3, 0.4) is 0 Å². The minimum Gasteiger partial charge on any atom is -0.456 e. The zero-order valence-corrected chi connectivity index (χ0v) is 34.8. The molecule has 2 aliphatic rings. The molecule has 10 aromatic rings. The van der Waals surface area contributed by atoms with Gasteiger partial charge in [-0.3, -0.25) is 9.59 Å². The van der Waals surface area contributed by atoms with E-state index in [1.807, 2.05) is 84.9 Å². The van der Waals surface area contributed by atoms with Crippen LogP contribution in [0.25, 0.3) is 43.9 Å². The van der Waals surface area contributed by atoms with E-state index in [0.29, 0.717) is 43.9 Å². The molecule has 6 heteroatoms. The first-order chi connectivity index (χ1) is 30.1. The summed E-state index contributed by atoms with van der Waals surface area (Å²) in [5, 5.41) is 2.42. The van der Waals surface area contributed by atoms with Gasteiger partial charge in [-0.05, 0) is 95.1 Å². The molecule has 0 atom stereocenters. The molecule has 2 aromatic heterocycles. The first-order valence-electron chi connectivity index (χ1n) is 21.0. The van der Waals surface area contributed by atoms with Crippen LogP contribution < -0.4 is 20.7 Å². The Kier molecular flexibility index (Phi) is 8.38. The third-order valence-electron chi connectivity index (χ3n) is 12.9. The maximum atomic E-state index is 13.0. The standard InChI is InChI=1S/2C28H21NO2/c2*1-28(2)21-10-4-6-12-23(21)29(24-13-7-5-11-22(24)28)18-15-16-20-26(17-18)31-25-14-8-3-9-19(25)27(20)30/h2*3-17H,1-2H3. The molecule has 0 spiro atoms. The average Bonchev–Trinajstić information content (AvgIpc) is 3.30. The number of rotatable bonds is 2. The summed E-state index contributed by atoms with van der Waals surface area (Å²) >= 11 is 0. The molecule has 0 fully saturated rings. The number of hydrogen-bond acceptors (Lipinski definition) is 6. The molecular weight excluding hydrogens is 765 g/mol. The Morgan fingerprint density at radius 3 is 0.984 bits per heavy atom. The Labute approximate surface area is 358 Å². The van der Waals surface area contributed by atoms with E-state index >= 15 is 0 Å². The second kappa shape index (κ2) is 13.9. The van der Waals surface area contributed by atoms with Gasteiger partial charge in [0.25, 0.3) is 0 Å². The van der Waals surface area contributed by atoms with Gasteiger partial charge in [0.1, 0.15) is 22.3 Å². The van der Waals surface area contributed by atoms with Gasteiger partial charge in [0.05, 0.1) is 44.3 Å². The van der Waals surface area contributed by atoms with Crippen LogP contribution in [0.15, 0.2) is 200 Å². The fourth-order valence-electron chi connectivity index (χ4n) is 9.75. The summed E-state index contributed by atoms with van der Waals surface area (Å²) in [6, 6.07) is 60.7. The van der Waals surface area contributed by atoms with Crippen molar-refractivity contribution in [1.82, 2.24) is 0 Å². The fraction of sp³-hybridized carbons (Fsp3) is 0.107. The van der Waals surface area contributed by atoms with Crippen LogP contribution in [0.4, 0.5) is 34.1 Å². The van der Waals surface area contributed by atoms with Crippen LogP contribution in [-0.4, -0.2) is 0 Å². The van der Waals surface area contributed by atoms with Crippen molar-refractivity contribution in [1.29, 1.82) is 0 Å². The number of fused-ring (bicyclic) bond motifs is 8. The van der Waals surface area contributed by atoms with E-state index in [0.717, 1.165) is 34.1 Å². The molecule has 8 aromatic carbocycles. The summed E-state index contributed by atoms with van der Waals surface area (Å²) in [5.41, 5.74) is 13.8. The Bertz CT molecular complexity index is 3230. The van der Waals surface area contributed by atoms with Crippen LogP contribution in [0.2, 0.25) is 0 Å². The van der Waals surface area contributed by atoms with Crippen molar-refractivity contribution >= 4 is 78.0 Å². The molecule has 0 aliphatic carbocycles. The maximum absolute atomic E-state index is 13.0. The molecule has 2 aliphatic heterocycles. The molecule has 0 unspecified atom stereocenters. The van der Waals surface area contributed by atoms with Crippen molar-refractivity contribution < 1.29 is 8.83 Å². The molecule has 6 nitrogen and oxygen atoms in total. The second-order valence-electron chi connectivity index (χ2n) is 17.2. The number of anilines is 6. The topological polar surface area (TPSA) is 66.9 Å². The van der Waals surface area contributed by atoms with Crippen molar-refractivity contribution in [3.63, 3.8) is 0 Å². The predicted molar refractivity (Wildman–Crippen MR) is 254 cm³/mol. The van der Waals surface area contributed by atoms with E-state index in [9.17, 15) is 9.59 Å². The summed E-state index contributed by atoms with van der Waals surface area (Å²) < 4.78 is 12.3. The van der Waals surface area contributed by atoms with E-state index in [2.05, 4.69) is 135 Å². The lowest BCUT2D eigenvalue weighted by Crippen LogP contribution is -2.30. The fourth-order valence-corrected chi connectivity index (χ4v) is 9.75. The molecule has 0 radical (unpaired) electrons. The summed E-state index contributed by atoms with van der Waals surface area (Å²) in [6.45, 7) is 9.09. The highest BCUT2D eigenvalue weighted by Crippen LogP contribution is 2.53. The maximum Gasteiger partial charge on any atom is 0.200 e. The molecule has 62 heavy (non-hydrogen) atoms. The van der Waals surface area contributed by atoms with Gasteiger partial charge < -0.3 is 18.6 Å². The lowest BCUT2D eigenvalue weighted by Gasteiger charge is -2.42. The molecule has 0 saturated heterocycles. The smallest absolute Gasteiger partial charge is 0.200 e. The van der Waals surface area contributed by atoms with Crippen molar-refractivity contribution in [2.75, 3.05) is 9.80 Å². The Hall–Kier alpha value is -7.70. The highest BCUT2D eigenvalue weighted by molar-refractivity contribution is 5.96. The van der Waals surface area contributed by atoms with Gasteiger partial charge >= 0.3 is 0 Å². The molecule has 4 heterocycles. The zero-order valence-electron chi connectivity index (χ0n) is 34.8. The number of para-hydroxylation sites is 6. The Balaban J connectivity index is 0.000000139. The van der Waals surface area contributed by atoms with Gasteiger partial charge in [0.15, 0.2) is 0 Å². The van der Waals surface area contributed by atoms with E-state index < -0.39 is 0 Å². The van der Waals surface area contributed by atoms with Crippen LogP contribution >= 0.6 is 0 Å². The van der Waals surface area contributed by atoms with Gasteiger partial charge in [0, 0.05) is 34.3 Å². The third-order valence-corrected chi connectivity index (χ3v) is 12.9. The molecule has 0 bridgehead atoms. The van der Waals surface area contributed by atoms with Crippen molar-refractivity contribution in [3.05, 3.63) is 225 Å². The average molecular weight is 807 g/mol. The predicted octanol–water partition coefficient (Wildman–Crippen LogP) is 14.1. The van der Waals surface area contributed by atoms with E-state index in [1.165, 1.54) is 22.3 Å². The van der Waals surface area contributed by atoms with E-state index in [1.54, 1.807) is 0 Å². The van der Waals surface area contributed by atoms with Gasteiger partial charge in [0.2, 0.25) is 10.9 Å². The van der Waals surface area contributed by atoms with E-state index in [-0.39, 0.29) is 21.7 Å². The molecule has 0 amide bonds. The Morgan fingerprint density at radius 1 is 0.339 bits per heavy atom. The van der Waals surface area contributed by atoms with Crippen molar-refractivity contribution in [2.45, 2.75) is 38.5 Å². The van der Waals surface area contributed by atoms with E-state index in [4.69, 9.17) is 8.83 Å². The van der Waals surface area contributed by atoms with Crippen LogP contribution in [-0.2, 0) is 10.8 Å². The molecular formula is C56H42N2O4. The first kappa shape index (κ1) is 37.3. The lowest BCUT2D eigenvalue weighted by molar-refractivity contribution is 0.631. The van der Waals surface area contributed by atoms with Crippen molar-refractivity contribution in [3.8, 4) is 0 Å². The van der Waals surface area contributed by atoms with Crippen LogP contribution in [0.1, 0.15) is 49.9 Å². The molecule has 0 N–H and O–H groups in total. The van der Waals surface area contributed by atoms with Gasteiger partial charge in [-0.15, -0.1) is 0 Å². The van der Waals surface area contributed by atoms with Crippen LogP contribution in [0.5, 0.6) is 0 Å². The monoisotopic (exact) mass is 806 g/mol. The summed E-state index contributed by atoms with van der Waals surface area (Å²) in [4.78, 5) is 30.5. The number of hydrogen-bond donors (Lipinski definition) is 0. The van der Waals surface area contributed by atoms with Gasteiger partial charge in [-0.1, -0.05) is 125 Å². The second-order valence-corrected chi connectivity index (χ2v) is 17.2. The quantitative estimate of drug-likeness (QED) is 0.162. The first-order valence-corrected chi connectivity index (χ1v) is 21.0. The van der Waals surface area contributed by atoms with Crippen LogP contribution in [0, 0.1) is 0 Å². The SMILES string of the molecule is CC1(C)c2ccccc2N(c2ccc3c(=O)c4ccccc4oc3c2)c2ccccc21.CC1(C)c2ccccc2N(c2ccc3c(=O)c4ccccc4oc3c2)c2ccccc21. The highest BCUT2D eigenvalue weighted by Gasteiger charge is 2.38. The highest BCUT2D eigenvalue weighted by atomic mass is 16.3. The largest absolute Gasteiger partial charge is 0.456 e. The zero-order chi connectivity index (χ0) is 42.3. The van der Waals surface area contributed by atoms with Gasteiger partial charge in [-0.2, -0.15) is 0 Å². The summed E-state index contributed by atoms with van der Waals surface area (Å²) in [5.74, 6) is 0. The lowest BCUT2D eigenvalue weighted by atomic mass is 9.73. The number of nitrogens with zero attached hydrogens (tertiary/aromatic N) is 2. The summed E-state index contributed by atoms with van der Waals surface area (Å²) in [6.07, 6.45) is 0. The molecule has 12 rings (SSSR count). The number of benzene rings is 8.